The standard InChI is InChI=1S/C16H18ClN3O4/c1-8(2)14-18-6-12(17)13(19-14)15(21)20(4)7-10-5-11(16(22)23)9(3)24-10/h5-6,8H,7H2,1-4H3,(H,22,23). The average Bonchev–Trinajstić information content (AvgIpc) is 2.87. The van der Waals surface area contributed by atoms with Gasteiger partial charge >= 0.3 is 5.97 Å². The van der Waals surface area contributed by atoms with Crippen molar-refractivity contribution in [1.82, 2.24) is 14.9 Å². The average molecular weight is 352 g/mol. The molecule has 2 rings (SSSR count). The third-order valence-corrected chi connectivity index (χ3v) is 3.70. The van der Waals surface area contributed by atoms with E-state index in [1.807, 2.05) is 13.8 Å². The fourth-order valence-electron chi connectivity index (χ4n) is 2.13. The number of hydrogen-bond donors (Lipinski definition) is 1. The van der Waals surface area contributed by atoms with Crippen molar-refractivity contribution in [3.8, 4) is 0 Å². The van der Waals surface area contributed by atoms with Crippen LogP contribution in [0, 0.1) is 6.92 Å². The van der Waals surface area contributed by atoms with E-state index in [0.29, 0.717) is 17.3 Å². The third-order valence-electron chi connectivity index (χ3n) is 3.42. The first-order chi connectivity index (χ1) is 11.2. The Bertz CT molecular complexity index is 786. The summed E-state index contributed by atoms with van der Waals surface area (Å²) in [4.78, 5) is 33.3. The number of halogens is 1. The van der Waals surface area contributed by atoms with Crippen LogP contribution in [-0.2, 0) is 6.54 Å². The van der Waals surface area contributed by atoms with Gasteiger partial charge in [-0.25, -0.2) is 14.8 Å². The van der Waals surface area contributed by atoms with Gasteiger partial charge in [-0.1, -0.05) is 25.4 Å². The van der Waals surface area contributed by atoms with Crippen LogP contribution in [0.25, 0.3) is 0 Å². The fraction of sp³-hybridized carbons (Fsp3) is 0.375. The number of carboxylic acid groups (broad SMARTS) is 1. The summed E-state index contributed by atoms with van der Waals surface area (Å²) in [6.07, 6.45) is 1.41. The predicted octanol–water partition coefficient (Wildman–Crippen LogP) is 3.13. The molecule has 7 nitrogen and oxygen atoms in total. The van der Waals surface area contributed by atoms with Crippen molar-refractivity contribution in [3.05, 3.63) is 45.9 Å². The number of nitrogens with zero attached hydrogens (tertiary/aromatic N) is 3. The van der Waals surface area contributed by atoms with Gasteiger partial charge in [-0.15, -0.1) is 0 Å². The van der Waals surface area contributed by atoms with Gasteiger partial charge < -0.3 is 14.4 Å². The number of aromatic carboxylic acids is 1. The zero-order valence-corrected chi connectivity index (χ0v) is 14.6. The molecule has 0 atom stereocenters. The Balaban J connectivity index is 2.22. The van der Waals surface area contributed by atoms with E-state index in [0.717, 1.165) is 0 Å². The summed E-state index contributed by atoms with van der Waals surface area (Å²) in [7, 11) is 1.56. The molecule has 2 aromatic rings. The minimum atomic E-state index is -1.07. The first-order valence-corrected chi connectivity index (χ1v) is 7.69. The van der Waals surface area contributed by atoms with Crippen molar-refractivity contribution in [2.24, 2.45) is 0 Å². The lowest BCUT2D eigenvalue weighted by Gasteiger charge is -2.16. The van der Waals surface area contributed by atoms with Crippen molar-refractivity contribution in [3.63, 3.8) is 0 Å². The van der Waals surface area contributed by atoms with E-state index in [1.54, 1.807) is 14.0 Å². The first-order valence-electron chi connectivity index (χ1n) is 7.31. The normalized spacial score (nSPS) is 10.9. The summed E-state index contributed by atoms with van der Waals surface area (Å²) in [6.45, 7) is 5.50. The van der Waals surface area contributed by atoms with E-state index < -0.39 is 11.9 Å². The lowest BCUT2D eigenvalue weighted by Crippen LogP contribution is -2.27. The summed E-state index contributed by atoms with van der Waals surface area (Å²) in [5, 5.41) is 9.21. The molecule has 0 bridgehead atoms. The maximum absolute atomic E-state index is 12.6. The summed E-state index contributed by atoms with van der Waals surface area (Å²) in [5.74, 6) is -0.217. The van der Waals surface area contributed by atoms with Gasteiger partial charge in [0.1, 0.15) is 22.9 Å². The highest BCUT2D eigenvalue weighted by atomic mass is 35.5. The van der Waals surface area contributed by atoms with Gasteiger partial charge in [-0.05, 0) is 13.0 Å². The molecule has 0 fully saturated rings. The minimum absolute atomic E-state index is 0.0602. The molecule has 0 aliphatic rings. The van der Waals surface area contributed by atoms with Crippen LogP contribution in [0.4, 0.5) is 0 Å². The Morgan fingerprint density at radius 1 is 1.42 bits per heavy atom. The highest BCUT2D eigenvalue weighted by Gasteiger charge is 2.21. The van der Waals surface area contributed by atoms with Crippen LogP contribution >= 0.6 is 11.6 Å². The van der Waals surface area contributed by atoms with Crippen molar-refractivity contribution in [2.75, 3.05) is 7.05 Å². The summed E-state index contributed by atoms with van der Waals surface area (Å²) in [6, 6.07) is 1.41. The molecule has 0 unspecified atom stereocenters. The number of aryl methyl sites for hydroxylation is 1. The van der Waals surface area contributed by atoms with E-state index >= 15 is 0 Å². The van der Waals surface area contributed by atoms with Gasteiger partial charge in [0.15, 0.2) is 5.69 Å². The Morgan fingerprint density at radius 3 is 2.62 bits per heavy atom. The monoisotopic (exact) mass is 351 g/mol. The molecule has 1 N–H and O–H groups in total. The number of aromatic nitrogens is 2. The quantitative estimate of drug-likeness (QED) is 0.888. The third kappa shape index (κ3) is 3.73. The molecule has 0 aliphatic carbocycles. The van der Waals surface area contributed by atoms with Crippen LogP contribution in [0.15, 0.2) is 16.7 Å². The van der Waals surface area contributed by atoms with Crippen molar-refractivity contribution < 1.29 is 19.1 Å². The molecular formula is C16H18ClN3O4. The maximum atomic E-state index is 12.6. The Labute approximate surface area is 144 Å². The lowest BCUT2D eigenvalue weighted by molar-refractivity contribution is 0.0694. The molecule has 2 heterocycles. The predicted molar refractivity (Wildman–Crippen MR) is 87.3 cm³/mol. The molecule has 0 aromatic carbocycles. The van der Waals surface area contributed by atoms with E-state index in [2.05, 4.69) is 9.97 Å². The van der Waals surface area contributed by atoms with E-state index in [1.165, 1.54) is 17.2 Å². The summed E-state index contributed by atoms with van der Waals surface area (Å²) in [5.41, 5.74) is 0.188. The largest absolute Gasteiger partial charge is 0.478 e. The highest BCUT2D eigenvalue weighted by molar-refractivity contribution is 6.33. The Hall–Kier alpha value is -2.41. The number of amides is 1. The second-order valence-corrected chi connectivity index (χ2v) is 6.14. The van der Waals surface area contributed by atoms with Crippen LogP contribution in [0.3, 0.4) is 0 Å². The molecule has 128 valence electrons. The van der Waals surface area contributed by atoms with Crippen LogP contribution in [0.1, 0.15) is 58.0 Å². The lowest BCUT2D eigenvalue weighted by atomic mass is 10.2. The molecule has 24 heavy (non-hydrogen) atoms. The topological polar surface area (TPSA) is 96.5 Å². The molecule has 0 radical (unpaired) electrons. The highest BCUT2D eigenvalue weighted by Crippen LogP contribution is 2.20. The maximum Gasteiger partial charge on any atom is 0.339 e. The van der Waals surface area contributed by atoms with Crippen LogP contribution in [0.5, 0.6) is 0 Å². The second-order valence-electron chi connectivity index (χ2n) is 5.73. The van der Waals surface area contributed by atoms with Gasteiger partial charge in [-0.2, -0.15) is 0 Å². The van der Waals surface area contributed by atoms with Gasteiger partial charge in [0.2, 0.25) is 0 Å². The summed E-state index contributed by atoms with van der Waals surface area (Å²) >= 11 is 6.04. The smallest absolute Gasteiger partial charge is 0.339 e. The molecule has 0 spiro atoms. The number of carbonyl (C=O) groups is 2. The zero-order valence-electron chi connectivity index (χ0n) is 13.8. The molecular weight excluding hydrogens is 334 g/mol. The van der Waals surface area contributed by atoms with E-state index in [9.17, 15) is 9.59 Å². The number of furan rings is 1. The molecule has 8 heteroatoms. The van der Waals surface area contributed by atoms with Gasteiger partial charge in [-0.3, -0.25) is 4.79 Å². The molecule has 0 aliphatic heterocycles. The van der Waals surface area contributed by atoms with Gasteiger partial charge in [0, 0.05) is 13.0 Å². The van der Waals surface area contributed by atoms with Crippen LogP contribution in [0.2, 0.25) is 5.02 Å². The number of hydrogen-bond acceptors (Lipinski definition) is 5. The molecule has 0 saturated heterocycles. The summed E-state index contributed by atoms with van der Waals surface area (Å²) < 4.78 is 5.38. The van der Waals surface area contributed by atoms with Gasteiger partial charge in [0.05, 0.1) is 17.8 Å². The van der Waals surface area contributed by atoms with Crippen LogP contribution < -0.4 is 0 Å². The molecule has 0 saturated carbocycles. The first kappa shape index (κ1) is 17.9. The Kier molecular flexibility index (Phi) is 5.23. The van der Waals surface area contributed by atoms with E-state index in [4.69, 9.17) is 21.1 Å². The van der Waals surface area contributed by atoms with Crippen LogP contribution in [-0.4, -0.2) is 38.9 Å². The SMILES string of the molecule is Cc1oc(CN(C)C(=O)c2nc(C(C)C)ncc2Cl)cc1C(=O)O. The van der Waals surface area contributed by atoms with E-state index in [-0.39, 0.29) is 28.7 Å². The van der Waals surface area contributed by atoms with Crippen molar-refractivity contribution >= 4 is 23.5 Å². The van der Waals surface area contributed by atoms with Gasteiger partial charge in [0.25, 0.3) is 5.91 Å². The van der Waals surface area contributed by atoms with Crippen molar-refractivity contribution in [1.29, 1.82) is 0 Å². The number of carboxylic acids is 1. The molecule has 1 amide bonds. The minimum Gasteiger partial charge on any atom is -0.478 e. The second kappa shape index (κ2) is 7.00. The fourth-order valence-corrected chi connectivity index (χ4v) is 2.30. The molecule has 2 aromatic heterocycles. The number of carbonyl (C=O) groups excluding carboxylic acids is 1. The van der Waals surface area contributed by atoms with Crippen molar-refractivity contribution in [2.45, 2.75) is 33.2 Å². The Morgan fingerprint density at radius 2 is 2.08 bits per heavy atom. The number of rotatable bonds is 5. The zero-order chi connectivity index (χ0) is 18.0.